The standard InChI is InChI=1S/C19H18BrOP.C11H18O2.C8H14O3.C5H10O3.C5H10O2.C5H8O2.C4H9O.C4H8O.C3H8O2.C2H4O.CH2O3.CH4O.Al.3K.Li.5H/c20-22(16-21,17-10-4-1-5-11-17,18-12-6-2-7-13-18)19-14-8-3-9-15-19;1-4-6-7-8-9-13-11(12)10(3)5-2;1-4-7(2)8(9)11-6-5-10-3;1-3-8-5(6)4-7-2;1-3-5(6)7-4-2;1-3-4(2)5(6)7;1-4(2,3)5;1-2-3-4-5;1-5-3-2-4;1-2-3;2-1-4-3;1-2;;;;;;;;;;/h1-15,21H,16H2;4-6H,7-9H2,1-3H3;4H,5-6H2,1-3H3;3-4H2,1-2H3;3-4H2,1-2H3;3H,1-2H3,(H,6,7);1-3H3;2-3,5H,4H2,1H3;4H,2-3H2,1H3;2H,1H3;1,3H;2H,1H3;;;;;;;;;;/q;;;;;;-1;;;;;;;4*+1;;;;2*-1/p-1/b;6-4+,10-5+;7-4+;;;4-3+;;3-2+;;;;;;;;;;;;;;. The molecule has 0 aromatic heterocycles. The van der Waals surface area contributed by atoms with Crippen LogP contribution in [0.3, 0.4) is 0 Å². The number of rotatable bonds is 23. The summed E-state index contributed by atoms with van der Waals surface area (Å²) in [7, 11) is 5.57. The van der Waals surface area contributed by atoms with Crippen LogP contribution in [-0.2, 0) is 71.6 Å². The van der Waals surface area contributed by atoms with E-state index in [0.717, 1.165) is 42.2 Å². The Kier molecular flexibility index (Phi) is 130. The number of carbonyl (C=O) groups is 7. The van der Waals surface area contributed by atoms with Gasteiger partial charge in [0, 0.05) is 51.6 Å². The van der Waals surface area contributed by atoms with Gasteiger partial charge in [-0.25, -0.2) is 19.2 Å². The molecule has 0 saturated heterocycles. The van der Waals surface area contributed by atoms with Gasteiger partial charge in [-0.05, 0) is 89.0 Å². The van der Waals surface area contributed by atoms with Crippen LogP contribution in [0.5, 0.6) is 0 Å². The second kappa shape index (κ2) is 97.5. The number of ether oxygens (including phenoxy) is 7. The van der Waals surface area contributed by atoms with E-state index in [-0.39, 0.29) is 250 Å². The number of allylic oxidation sites excluding steroid dienone is 6. The number of carboxylic acids is 1. The molecule has 0 bridgehead atoms. The summed E-state index contributed by atoms with van der Waals surface area (Å²) in [5.74, 6) is -1.76. The van der Waals surface area contributed by atoms with Crippen molar-refractivity contribution in [3.8, 4) is 0 Å². The van der Waals surface area contributed by atoms with E-state index in [2.05, 4.69) is 81.8 Å². The van der Waals surface area contributed by atoms with Gasteiger partial charge in [-0.2, -0.15) is 0 Å². The predicted octanol–water partition coefficient (Wildman–Crippen LogP) is -4.41. The van der Waals surface area contributed by atoms with E-state index >= 15 is 0 Å². The second-order valence-electron chi connectivity index (χ2n) is 17.9. The van der Waals surface area contributed by atoms with Gasteiger partial charge < -0.3 is 76.5 Å². The van der Waals surface area contributed by atoms with Crippen LogP contribution >= 0.6 is 20.8 Å². The SMILES string of the molecule is C/C=C(\C)C(=O)O.C/C=C(\C)C(=O)OCCOC.C/C=C/CCCOC(=O)/C(C)=C/C.C/C=C/CO.CC(C)(C)[O-].CC=O.CCOC(=O)CC.CCOC(=O)COC.CO.COCCO.O=CO[O-].OCP(Br)(c1ccccc1)(c1ccccc1)c1ccccc1.[AlH3].[H-].[H-].[K+].[K+].[K+].[Li+]. The topological polar surface area (TPSA) is 341 Å². The van der Waals surface area contributed by atoms with E-state index in [1.54, 1.807) is 121 Å². The fraction of sp³-hybridized carbons (Fsp3) is 0.485. The Labute approximate surface area is 742 Å². The van der Waals surface area contributed by atoms with Crippen LogP contribution in [0, 0.1) is 0 Å². The van der Waals surface area contributed by atoms with Crippen molar-refractivity contribution in [1.82, 2.24) is 0 Å². The molecule has 0 saturated carbocycles. The smallest absolute Gasteiger partial charge is 1.00 e. The van der Waals surface area contributed by atoms with E-state index in [0.29, 0.717) is 62.8 Å². The van der Waals surface area contributed by atoms with Crippen LogP contribution < -0.4 is 199 Å². The van der Waals surface area contributed by atoms with E-state index in [9.17, 15) is 34.2 Å². The van der Waals surface area contributed by atoms with Crippen molar-refractivity contribution in [3.63, 3.8) is 0 Å². The molecule has 22 nitrogen and oxygen atoms in total. The summed E-state index contributed by atoms with van der Waals surface area (Å²) in [5.41, 5.74) is 0.937. The predicted molar refractivity (Wildman–Crippen MR) is 380 cm³/mol. The molecule has 0 amide bonds. The van der Waals surface area contributed by atoms with Crippen molar-refractivity contribution in [2.75, 3.05) is 94.2 Å². The number of hydrogen-bond acceptors (Lipinski definition) is 21. The molecule has 29 heteroatoms. The largest absolute Gasteiger partial charge is 1.00 e. The molecule has 3 rings (SSSR count). The first-order valence-corrected chi connectivity index (χ1v) is 33.5. The van der Waals surface area contributed by atoms with Gasteiger partial charge in [-0.15, -0.1) is 5.60 Å². The van der Waals surface area contributed by atoms with Crippen LogP contribution in [-0.4, -0.2) is 185 Å². The van der Waals surface area contributed by atoms with Gasteiger partial charge in [0.25, 0.3) is 6.47 Å². The van der Waals surface area contributed by atoms with E-state index in [1.165, 1.54) is 14.0 Å². The van der Waals surface area contributed by atoms with Crippen molar-refractivity contribution in [1.29, 1.82) is 0 Å². The molecule has 0 spiro atoms. The fourth-order valence-corrected chi connectivity index (χ4v) is 10.9. The minimum atomic E-state index is -3.03. The first kappa shape index (κ1) is 129. The van der Waals surface area contributed by atoms with Crippen molar-refractivity contribution < 1.29 is 283 Å². The van der Waals surface area contributed by atoms with Crippen LogP contribution in [0.1, 0.15) is 126 Å². The molecular weight excluding hydrogens is 1430 g/mol. The van der Waals surface area contributed by atoms with Crippen molar-refractivity contribution in [2.24, 2.45) is 0 Å². The Morgan fingerprint density at radius 3 is 1.10 bits per heavy atom. The van der Waals surface area contributed by atoms with Gasteiger partial charge in [0.2, 0.25) is 0 Å². The van der Waals surface area contributed by atoms with Crippen molar-refractivity contribution >= 4 is 96.7 Å². The zero-order chi connectivity index (χ0) is 73.1. The van der Waals surface area contributed by atoms with Gasteiger partial charge in [0.05, 0.1) is 46.2 Å². The average molecular weight is 1550 g/mol. The average Bonchev–Trinajstić information content (AvgIpc) is 0.715. The van der Waals surface area contributed by atoms with Gasteiger partial charge in [0.1, 0.15) is 19.5 Å². The van der Waals surface area contributed by atoms with E-state index in [1.807, 2.05) is 81.4 Å². The number of aldehydes is 1. The Balaban J connectivity index is -0.0000000571. The van der Waals surface area contributed by atoms with E-state index < -0.39 is 16.9 Å². The maximum atomic E-state index is 11.1. The fourth-order valence-electron chi connectivity index (χ4n) is 5.03. The third-order valence-corrected chi connectivity index (χ3v) is 18.8. The van der Waals surface area contributed by atoms with Gasteiger partial charge in [-0.1, -0.05) is 70.2 Å². The Morgan fingerprint density at radius 2 is 0.907 bits per heavy atom. The number of aliphatic hydroxyl groups is 4. The molecule has 3 aromatic carbocycles. The number of aliphatic hydroxyl groups excluding tert-OH is 4. The number of esters is 4. The maximum Gasteiger partial charge on any atom is 1.00 e. The first-order chi connectivity index (χ1) is 43.6. The molecule has 0 aliphatic rings. The third kappa shape index (κ3) is 87.8. The Hall–Kier alpha value is -0.561. The van der Waals surface area contributed by atoms with Gasteiger partial charge in [-0.3, -0.25) is 9.59 Å². The maximum absolute atomic E-state index is 11.1. The number of methoxy groups -OCH3 is 3. The quantitative estimate of drug-likeness (QED) is 0.00572. The molecule has 0 aliphatic heterocycles. The minimum Gasteiger partial charge on any atom is -1.00 e. The molecule has 5 N–H and O–H groups in total. The molecule has 0 atom stereocenters. The Bertz CT molecular complexity index is 2270. The molecule has 0 fully saturated rings. The zero-order valence-corrected chi connectivity index (χ0v) is 73.9. The molecule has 3 aromatic rings. The number of benzene rings is 3. The second-order valence-corrected chi connectivity index (χ2v) is 26.8. The number of unbranched alkanes of at least 4 members (excludes halogenated alkanes) is 1. The van der Waals surface area contributed by atoms with Crippen molar-refractivity contribution in [2.45, 2.75) is 129 Å². The molecule has 0 unspecified atom stereocenters. The summed E-state index contributed by atoms with van der Waals surface area (Å²) in [6, 6.07) is 30.8. The molecule has 0 heterocycles. The number of carboxylic acid groups (broad SMARTS) is 1. The molecule has 97 heavy (non-hydrogen) atoms. The number of halogens is 1. The zero-order valence-electron chi connectivity index (χ0n) is 64.1. The number of hydrogen-bond donors (Lipinski definition) is 5. The normalized spacial score (nSPS) is 10.0. The molecule has 540 valence electrons. The summed E-state index contributed by atoms with van der Waals surface area (Å²) >= 11 is 4.10. The van der Waals surface area contributed by atoms with Gasteiger partial charge >= 0.3 is 342 Å². The summed E-state index contributed by atoms with van der Waals surface area (Å²) in [6.07, 6.45) is 15.7. The minimum absolute atomic E-state index is 0. The number of carbonyl (C=O) groups excluding carboxylic acids is 6. The monoisotopic (exact) mass is 1550 g/mol. The van der Waals surface area contributed by atoms with E-state index in [4.69, 9.17) is 49.5 Å². The summed E-state index contributed by atoms with van der Waals surface area (Å²) in [4.78, 5) is 72.4. The van der Waals surface area contributed by atoms with Crippen LogP contribution in [0.25, 0.3) is 0 Å². The molecule has 0 aliphatic carbocycles. The molecular formula is C68H117AlBrK3LiO22P. The van der Waals surface area contributed by atoms with Crippen LogP contribution in [0.4, 0.5) is 0 Å². The van der Waals surface area contributed by atoms with Crippen molar-refractivity contribution in [3.05, 3.63) is 150 Å². The summed E-state index contributed by atoms with van der Waals surface area (Å²) in [5, 5.41) is 60.5. The van der Waals surface area contributed by atoms with Crippen LogP contribution in [0.2, 0.25) is 0 Å². The Morgan fingerprint density at radius 1 is 0.577 bits per heavy atom. The molecule has 0 radical (unpaired) electrons. The third-order valence-electron chi connectivity index (χ3n) is 9.77. The first-order valence-electron chi connectivity index (χ1n) is 29.1. The van der Waals surface area contributed by atoms with Crippen LogP contribution in [0.15, 0.2) is 150 Å². The number of aliphatic carboxylic acids is 1. The summed E-state index contributed by atoms with van der Waals surface area (Å²) < 4.78 is 32.5. The van der Waals surface area contributed by atoms with Gasteiger partial charge in [0.15, 0.2) is 17.4 Å². The summed E-state index contributed by atoms with van der Waals surface area (Å²) in [6.45, 7) is 28.7.